The first-order valence-corrected chi connectivity index (χ1v) is 12.7. The summed E-state index contributed by atoms with van der Waals surface area (Å²) in [5.74, 6) is -0.608. The molecule has 198 valence electrons. The number of likely N-dealkylation sites (N-methyl/N-ethyl adjacent to an activating group) is 1. The highest BCUT2D eigenvalue weighted by Crippen LogP contribution is 2.29. The van der Waals surface area contributed by atoms with Gasteiger partial charge < -0.3 is 19.4 Å². The molecule has 38 heavy (non-hydrogen) atoms. The van der Waals surface area contributed by atoms with Crippen LogP contribution in [0.15, 0.2) is 71.6 Å². The molecule has 0 fully saturated rings. The van der Waals surface area contributed by atoms with Crippen LogP contribution in [-0.2, 0) is 29.1 Å². The third-order valence-corrected chi connectivity index (χ3v) is 6.40. The maximum atomic E-state index is 14.0. The number of rotatable bonds is 10. The second-order valence-electron chi connectivity index (χ2n) is 9.48. The summed E-state index contributed by atoms with van der Waals surface area (Å²) >= 11 is 0. The average molecular weight is 518 g/mol. The third-order valence-electron chi connectivity index (χ3n) is 6.40. The molecule has 0 saturated carbocycles. The molecule has 0 saturated heterocycles. The van der Waals surface area contributed by atoms with Gasteiger partial charge in [0.25, 0.3) is 5.56 Å². The van der Waals surface area contributed by atoms with Crippen molar-refractivity contribution in [3.05, 3.63) is 99.6 Å². The van der Waals surface area contributed by atoms with Crippen molar-refractivity contribution in [3.8, 4) is 0 Å². The van der Waals surface area contributed by atoms with Gasteiger partial charge in [0.05, 0.1) is 6.54 Å². The van der Waals surface area contributed by atoms with E-state index in [1.54, 1.807) is 32.4 Å². The van der Waals surface area contributed by atoms with Crippen LogP contribution in [0, 0.1) is 0 Å². The molecule has 8 nitrogen and oxygen atoms in total. The number of fused-ring (bicyclic) bond motifs is 1. The van der Waals surface area contributed by atoms with Crippen molar-refractivity contribution >= 4 is 23.7 Å². The zero-order valence-electron chi connectivity index (χ0n) is 21.7. The van der Waals surface area contributed by atoms with E-state index in [-0.39, 0.29) is 36.4 Å². The van der Waals surface area contributed by atoms with Crippen molar-refractivity contribution in [2.75, 3.05) is 19.4 Å². The lowest BCUT2D eigenvalue weighted by atomic mass is 10.0. The van der Waals surface area contributed by atoms with Gasteiger partial charge in [-0.1, -0.05) is 36.4 Å². The number of hydrogen-bond acceptors (Lipinski definition) is 4. The molecule has 1 aromatic carbocycles. The summed E-state index contributed by atoms with van der Waals surface area (Å²) in [6, 6.07) is 11.9. The smallest absolute Gasteiger partial charge is 0.294 e. The van der Waals surface area contributed by atoms with Crippen LogP contribution in [0.1, 0.15) is 48.2 Å². The van der Waals surface area contributed by atoms with E-state index in [1.807, 2.05) is 36.4 Å². The van der Waals surface area contributed by atoms with E-state index < -0.39 is 5.56 Å². The van der Waals surface area contributed by atoms with E-state index in [0.717, 1.165) is 22.5 Å². The van der Waals surface area contributed by atoms with Crippen LogP contribution in [0.25, 0.3) is 6.08 Å². The van der Waals surface area contributed by atoms with Gasteiger partial charge in [0.15, 0.2) is 5.82 Å². The van der Waals surface area contributed by atoms with E-state index in [1.165, 1.54) is 21.7 Å². The summed E-state index contributed by atoms with van der Waals surface area (Å²) in [5.41, 5.74) is 3.44. The molecule has 0 atom stereocenters. The SMILES string of the molecule is CN(C)C(=O)/C=C/CCCC(=O)Nc1nccn(Cc2cc3c(n2Cc2ccccc2)CCC(F)=C3)c1=O. The Kier molecular flexibility index (Phi) is 8.68. The largest absolute Gasteiger partial charge is 0.345 e. The van der Waals surface area contributed by atoms with E-state index in [9.17, 15) is 18.8 Å². The molecule has 0 spiro atoms. The highest BCUT2D eigenvalue weighted by atomic mass is 19.1. The molecule has 0 unspecified atom stereocenters. The van der Waals surface area contributed by atoms with Gasteiger partial charge in [-0.05, 0) is 48.6 Å². The fourth-order valence-electron chi connectivity index (χ4n) is 4.39. The molecular weight excluding hydrogens is 485 g/mol. The van der Waals surface area contributed by atoms with E-state index in [2.05, 4.69) is 14.9 Å². The van der Waals surface area contributed by atoms with Gasteiger partial charge in [-0.3, -0.25) is 14.4 Å². The maximum Gasteiger partial charge on any atom is 0.294 e. The summed E-state index contributed by atoms with van der Waals surface area (Å²) in [5, 5.41) is 2.61. The number of amides is 2. The number of carbonyl (C=O) groups is 2. The van der Waals surface area contributed by atoms with Crippen LogP contribution in [0.5, 0.6) is 0 Å². The van der Waals surface area contributed by atoms with Gasteiger partial charge in [0.2, 0.25) is 11.8 Å². The Balaban J connectivity index is 1.47. The van der Waals surface area contributed by atoms with Crippen molar-refractivity contribution in [2.24, 2.45) is 0 Å². The van der Waals surface area contributed by atoms with Gasteiger partial charge in [0.1, 0.15) is 5.83 Å². The lowest BCUT2D eigenvalue weighted by Crippen LogP contribution is -2.27. The molecule has 2 amide bonds. The second-order valence-corrected chi connectivity index (χ2v) is 9.48. The predicted octanol–water partition coefficient (Wildman–Crippen LogP) is 4.15. The topological polar surface area (TPSA) is 89.2 Å². The molecule has 9 heteroatoms. The summed E-state index contributed by atoms with van der Waals surface area (Å²) in [7, 11) is 3.34. The van der Waals surface area contributed by atoms with Crippen LogP contribution >= 0.6 is 0 Å². The zero-order chi connectivity index (χ0) is 27.1. The first-order valence-electron chi connectivity index (χ1n) is 12.7. The molecule has 2 aromatic heterocycles. The van der Waals surface area contributed by atoms with Gasteiger partial charge in [-0.2, -0.15) is 0 Å². The molecule has 3 aromatic rings. The quantitative estimate of drug-likeness (QED) is 0.323. The number of carbonyl (C=O) groups excluding carboxylic acids is 2. The Hall–Kier alpha value is -4.27. The first kappa shape index (κ1) is 26.8. The minimum absolute atomic E-state index is 0.0345. The van der Waals surface area contributed by atoms with E-state index >= 15 is 0 Å². The van der Waals surface area contributed by atoms with Crippen molar-refractivity contribution in [1.29, 1.82) is 0 Å². The van der Waals surface area contributed by atoms with Crippen LogP contribution in [0.3, 0.4) is 0 Å². The Morgan fingerprint density at radius 1 is 1.16 bits per heavy atom. The zero-order valence-corrected chi connectivity index (χ0v) is 21.7. The third kappa shape index (κ3) is 6.73. The minimum Gasteiger partial charge on any atom is -0.345 e. The molecule has 4 rings (SSSR count). The first-order chi connectivity index (χ1) is 18.3. The summed E-state index contributed by atoms with van der Waals surface area (Å²) in [6.45, 7) is 0.864. The van der Waals surface area contributed by atoms with Gasteiger partial charge in [0, 0.05) is 57.3 Å². The standard InChI is InChI=1S/C29H32FN5O3/c1-33(2)27(37)12-8-4-7-11-26(36)32-28-29(38)34(16-15-31-28)20-24-18-22-17-23(30)13-14-25(22)35(24)19-21-9-5-3-6-10-21/h3,5-6,8-10,12,15-18H,4,7,11,13-14,19-20H2,1-2H3,(H,31,32,36)/b12-8+. The Labute approximate surface area is 221 Å². The Bertz CT molecular complexity index is 1420. The molecule has 1 aliphatic carbocycles. The van der Waals surface area contributed by atoms with Crippen LogP contribution in [0.2, 0.25) is 0 Å². The summed E-state index contributed by atoms with van der Waals surface area (Å²) in [6.07, 6.45) is 10.1. The summed E-state index contributed by atoms with van der Waals surface area (Å²) in [4.78, 5) is 42.7. The fourth-order valence-corrected chi connectivity index (χ4v) is 4.39. The highest BCUT2D eigenvalue weighted by Gasteiger charge is 2.20. The Morgan fingerprint density at radius 3 is 2.71 bits per heavy atom. The fraction of sp³-hybridized carbons (Fsp3) is 0.310. The Morgan fingerprint density at radius 2 is 1.95 bits per heavy atom. The van der Waals surface area contributed by atoms with Gasteiger partial charge in [-0.15, -0.1) is 0 Å². The van der Waals surface area contributed by atoms with Crippen molar-refractivity contribution < 1.29 is 14.0 Å². The van der Waals surface area contributed by atoms with E-state index in [4.69, 9.17) is 0 Å². The predicted molar refractivity (Wildman–Crippen MR) is 145 cm³/mol. The molecule has 0 bridgehead atoms. The van der Waals surface area contributed by atoms with Crippen LogP contribution in [-0.4, -0.2) is 44.9 Å². The lowest BCUT2D eigenvalue weighted by molar-refractivity contribution is -0.123. The summed E-state index contributed by atoms with van der Waals surface area (Å²) < 4.78 is 17.7. The number of allylic oxidation sites excluding steroid dienone is 2. The number of unbranched alkanes of at least 4 members (excludes halogenated alkanes) is 1. The number of nitrogens with one attached hydrogen (secondary N) is 1. The van der Waals surface area contributed by atoms with Crippen LogP contribution in [0.4, 0.5) is 10.2 Å². The number of halogens is 1. The molecule has 2 heterocycles. The van der Waals surface area contributed by atoms with Crippen molar-refractivity contribution in [1.82, 2.24) is 19.0 Å². The molecular formula is C29H32FN5O3. The van der Waals surface area contributed by atoms with Crippen LogP contribution < -0.4 is 10.9 Å². The number of benzene rings is 1. The lowest BCUT2D eigenvalue weighted by Gasteiger charge is -2.17. The van der Waals surface area contributed by atoms with E-state index in [0.29, 0.717) is 32.2 Å². The van der Waals surface area contributed by atoms with Crippen molar-refractivity contribution in [3.63, 3.8) is 0 Å². The molecule has 0 aliphatic heterocycles. The van der Waals surface area contributed by atoms with Gasteiger partial charge >= 0.3 is 0 Å². The number of nitrogens with zero attached hydrogens (tertiary/aromatic N) is 4. The number of hydrogen-bond donors (Lipinski definition) is 1. The van der Waals surface area contributed by atoms with Gasteiger partial charge in [-0.25, -0.2) is 9.37 Å². The molecule has 1 aliphatic rings. The second kappa shape index (κ2) is 12.3. The minimum atomic E-state index is -0.413. The highest BCUT2D eigenvalue weighted by molar-refractivity contribution is 5.89. The molecule has 0 radical (unpaired) electrons. The number of anilines is 1. The normalized spacial score (nSPS) is 12.8. The average Bonchev–Trinajstić information content (AvgIpc) is 3.22. The van der Waals surface area contributed by atoms with Crippen molar-refractivity contribution in [2.45, 2.75) is 45.2 Å². The number of aromatic nitrogens is 3. The maximum absolute atomic E-state index is 14.0. The monoisotopic (exact) mass is 517 g/mol. The molecule has 1 N–H and O–H groups in total.